The van der Waals surface area contributed by atoms with E-state index in [1.807, 2.05) is 6.92 Å². The second-order valence-electron chi connectivity index (χ2n) is 5.00. The van der Waals surface area contributed by atoms with Gasteiger partial charge in [-0.1, -0.05) is 12.1 Å². The predicted octanol–water partition coefficient (Wildman–Crippen LogP) is 1.78. The van der Waals surface area contributed by atoms with Gasteiger partial charge in [-0.15, -0.1) is 0 Å². The lowest BCUT2D eigenvalue weighted by Gasteiger charge is -2.14. The summed E-state index contributed by atoms with van der Waals surface area (Å²) in [4.78, 5) is 15.5. The molecule has 0 aliphatic carbocycles. The summed E-state index contributed by atoms with van der Waals surface area (Å²) in [6.45, 7) is 1.77. The Labute approximate surface area is 125 Å². The first kappa shape index (κ1) is 16.3. The smallest absolute Gasteiger partial charge is 0.353 e. The van der Waals surface area contributed by atoms with Crippen LogP contribution in [0.1, 0.15) is 12.7 Å². The molecule has 1 atom stereocenters. The topological polar surface area (TPSA) is 58.9 Å². The summed E-state index contributed by atoms with van der Waals surface area (Å²) < 4.78 is 40.1. The van der Waals surface area contributed by atoms with Crippen LogP contribution in [0.5, 0.6) is 0 Å². The summed E-state index contributed by atoms with van der Waals surface area (Å²) in [7, 11) is 1.74. The molecule has 0 spiro atoms. The van der Waals surface area contributed by atoms with Gasteiger partial charge >= 0.3 is 6.18 Å². The maximum absolute atomic E-state index is 13.1. The van der Waals surface area contributed by atoms with Gasteiger partial charge in [0.05, 0.1) is 11.0 Å². The molecule has 0 aliphatic rings. The molecular weight excluding hydrogens is 297 g/mol. The molecule has 0 aliphatic heterocycles. The van der Waals surface area contributed by atoms with Crippen molar-refractivity contribution >= 4 is 16.9 Å². The fraction of sp³-hybridized carbons (Fsp3) is 0.429. The zero-order valence-electron chi connectivity index (χ0n) is 12.2. The van der Waals surface area contributed by atoms with E-state index in [0.29, 0.717) is 6.54 Å². The van der Waals surface area contributed by atoms with Crippen molar-refractivity contribution in [1.29, 1.82) is 0 Å². The van der Waals surface area contributed by atoms with Gasteiger partial charge in [0, 0.05) is 12.6 Å². The highest BCUT2D eigenvalue weighted by atomic mass is 19.4. The number of hydrogen-bond donors (Lipinski definition) is 2. The summed E-state index contributed by atoms with van der Waals surface area (Å²) in [5, 5.41) is 5.53. The Hall–Kier alpha value is -2.09. The van der Waals surface area contributed by atoms with Crippen LogP contribution in [0.3, 0.4) is 0 Å². The van der Waals surface area contributed by atoms with E-state index >= 15 is 0 Å². The molecule has 1 heterocycles. The number of hydrogen-bond acceptors (Lipinski definition) is 3. The Kier molecular flexibility index (Phi) is 4.70. The first-order chi connectivity index (χ1) is 10.3. The molecule has 1 aromatic carbocycles. The normalized spacial score (nSPS) is 13.3. The summed E-state index contributed by atoms with van der Waals surface area (Å²) in [6, 6.07) is 6.25. The van der Waals surface area contributed by atoms with E-state index in [1.165, 1.54) is 12.1 Å². The van der Waals surface area contributed by atoms with Crippen LogP contribution in [0.4, 0.5) is 13.2 Å². The van der Waals surface area contributed by atoms with Crippen LogP contribution < -0.4 is 10.6 Å². The fourth-order valence-corrected chi connectivity index (χ4v) is 2.02. The molecule has 120 valence electrons. The van der Waals surface area contributed by atoms with Crippen molar-refractivity contribution < 1.29 is 18.0 Å². The number of nitrogens with one attached hydrogen (secondary N) is 2. The Balaban J connectivity index is 2.27. The van der Waals surface area contributed by atoms with Crippen LogP contribution in [0.25, 0.3) is 11.0 Å². The number of amides is 1. The summed E-state index contributed by atoms with van der Waals surface area (Å²) in [6.07, 6.45) is -4.61. The molecule has 5 nitrogen and oxygen atoms in total. The van der Waals surface area contributed by atoms with E-state index in [4.69, 9.17) is 0 Å². The molecule has 2 N–H and O–H groups in total. The number of carbonyl (C=O) groups is 1. The van der Waals surface area contributed by atoms with Gasteiger partial charge in [0.2, 0.25) is 11.7 Å². The molecule has 1 unspecified atom stereocenters. The number of halogens is 3. The van der Waals surface area contributed by atoms with Crippen molar-refractivity contribution in [2.24, 2.45) is 0 Å². The van der Waals surface area contributed by atoms with E-state index in [-0.39, 0.29) is 17.1 Å². The highest BCUT2D eigenvalue weighted by molar-refractivity contribution is 5.81. The standard InChI is InChI=1S/C14H17F3N4O/c1-9(18-2)7-19-12(22)8-21-11-6-4-3-5-10(11)20-13(21)14(15,16)17/h3-6,9,18H,7-8H2,1-2H3,(H,19,22). The average molecular weight is 314 g/mol. The molecule has 0 radical (unpaired) electrons. The van der Waals surface area contributed by atoms with E-state index in [1.54, 1.807) is 19.2 Å². The van der Waals surface area contributed by atoms with Crippen molar-refractivity contribution in [1.82, 2.24) is 20.2 Å². The van der Waals surface area contributed by atoms with Crippen LogP contribution in [-0.2, 0) is 17.5 Å². The van der Waals surface area contributed by atoms with Crippen LogP contribution >= 0.6 is 0 Å². The number of para-hydroxylation sites is 2. The lowest BCUT2D eigenvalue weighted by molar-refractivity contribution is -0.147. The largest absolute Gasteiger partial charge is 0.449 e. The van der Waals surface area contributed by atoms with Crippen molar-refractivity contribution in [3.8, 4) is 0 Å². The third kappa shape index (κ3) is 3.56. The third-order valence-electron chi connectivity index (χ3n) is 3.31. The minimum Gasteiger partial charge on any atom is -0.353 e. The number of likely N-dealkylation sites (N-methyl/N-ethyl adjacent to an activating group) is 1. The Morgan fingerprint density at radius 3 is 2.68 bits per heavy atom. The molecule has 1 amide bonds. The van der Waals surface area contributed by atoms with E-state index in [9.17, 15) is 18.0 Å². The van der Waals surface area contributed by atoms with E-state index in [2.05, 4.69) is 15.6 Å². The minimum absolute atomic E-state index is 0.0329. The Morgan fingerprint density at radius 2 is 2.05 bits per heavy atom. The van der Waals surface area contributed by atoms with Crippen molar-refractivity contribution in [2.75, 3.05) is 13.6 Å². The second kappa shape index (κ2) is 6.35. The van der Waals surface area contributed by atoms with Gasteiger partial charge in [-0.05, 0) is 26.1 Å². The van der Waals surface area contributed by atoms with Crippen molar-refractivity contribution in [3.05, 3.63) is 30.1 Å². The average Bonchev–Trinajstić information content (AvgIpc) is 2.84. The lowest BCUT2D eigenvalue weighted by Crippen LogP contribution is -2.39. The summed E-state index contributed by atoms with van der Waals surface area (Å²) >= 11 is 0. The molecule has 8 heteroatoms. The minimum atomic E-state index is -4.61. The Bertz CT molecular complexity index is 666. The number of alkyl halides is 3. The zero-order chi connectivity index (χ0) is 16.3. The number of nitrogens with zero attached hydrogens (tertiary/aromatic N) is 2. The predicted molar refractivity (Wildman–Crippen MR) is 76.3 cm³/mol. The van der Waals surface area contributed by atoms with Gasteiger partial charge < -0.3 is 15.2 Å². The summed E-state index contributed by atoms with van der Waals surface area (Å²) in [5.74, 6) is -1.55. The molecule has 2 aromatic rings. The second-order valence-corrected chi connectivity index (χ2v) is 5.00. The lowest BCUT2D eigenvalue weighted by atomic mass is 10.3. The highest BCUT2D eigenvalue weighted by Gasteiger charge is 2.37. The Morgan fingerprint density at radius 1 is 1.36 bits per heavy atom. The molecule has 22 heavy (non-hydrogen) atoms. The van der Waals surface area contributed by atoms with Gasteiger partial charge in [-0.2, -0.15) is 13.2 Å². The quantitative estimate of drug-likeness (QED) is 0.884. The molecule has 0 fully saturated rings. The van der Waals surface area contributed by atoms with Crippen molar-refractivity contribution in [2.45, 2.75) is 25.7 Å². The van der Waals surface area contributed by atoms with Gasteiger partial charge in [-0.3, -0.25) is 4.79 Å². The number of carbonyl (C=O) groups excluding carboxylic acids is 1. The molecule has 2 rings (SSSR count). The summed E-state index contributed by atoms with van der Waals surface area (Å²) in [5.41, 5.74) is 0.498. The number of aromatic nitrogens is 2. The SMILES string of the molecule is CNC(C)CNC(=O)Cn1c(C(F)(F)F)nc2ccccc21. The molecule has 1 aromatic heterocycles. The van der Waals surface area contributed by atoms with E-state index in [0.717, 1.165) is 4.57 Å². The molecule has 0 bridgehead atoms. The molecule has 0 saturated carbocycles. The van der Waals surface area contributed by atoms with Crippen LogP contribution in [0.2, 0.25) is 0 Å². The third-order valence-corrected chi connectivity index (χ3v) is 3.31. The first-order valence-corrected chi connectivity index (χ1v) is 6.79. The number of imidazole rings is 1. The van der Waals surface area contributed by atoms with Crippen LogP contribution in [0, 0.1) is 0 Å². The van der Waals surface area contributed by atoms with Crippen molar-refractivity contribution in [3.63, 3.8) is 0 Å². The maximum atomic E-state index is 13.1. The van der Waals surface area contributed by atoms with Gasteiger partial charge in [0.15, 0.2) is 0 Å². The van der Waals surface area contributed by atoms with Crippen LogP contribution in [0.15, 0.2) is 24.3 Å². The van der Waals surface area contributed by atoms with Gasteiger partial charge in [0.1, 0.15) is 6.54 Å². The monoisotopic (exact) mass is 314 g/mol. The molecule has 0 saturated heterocycles. The maximum Gasteiger partial charge on any atom is 0.449 e. The number of benzene rings is 1. The van der Waals surface area contributed by atoms with E-state index < -0.39 is 24.5 Å². The van der Waals surface area contributed by atoms with Crippen LogP contribution in [-0.4, -0.2) is 35.1 Å². The zero-order valence-corrected chi connectivity index (χ0v) is 12.2. The first-order valence-electron chi connectivity index (χ1n) is 6.79. The van der Waals surface area contributed by atoms with Gasteiger partial charge in [0.25, 0.3) is 0 Å². The molecular formula is C14H17F3N4O. The fourth-order valence-electron chi connectivity index (χ4n) is 2.02. The van der Waals surface area contributed by atoms with Gasteiger partial charge in [-0.25, -0.2) is 4.98 Å². The number of fused-ring (bicyclic) bond motifs is 1. The highest BCUT2D eigenvalue weighted by Crippen LogP contribution is 2.31. The number of rotatable bonds is 5.